The summed E-state index contributed by atoms with van der Waals surface area (Å²) in [4.78, 5) is 11.2. The number of hydrogen-bond donors (Lipinski definition) is 6. The molecule has 6 N–H and O–H groups in total. The molecule has 4 aromatic carbocycles. The fourth-order valence-corrected chi connectivity index (χ4v) is 12.5. The van der Waals surface area contributed by atoms with Gasteiger partial charge in [0.1, 0.15) is 11.4 Å². The summed E-state index contributed by atoms with van der Waals surface area (Å²) in [7, 11) is -23.7. The van der Waals surface area contributed by atoms with Crippen molar-refractivity contribution in [2.24, 2.45) is 0 Å². The quantitative estimate of drug-likeness (QED) is 0.0344. The number of benzene rings is 4. The summed E-state index contributed by atoms with van der Waals surface area (Å²) in [6.45, 7) is 7.22. The molecule has 4 aromatic rings. The van der Waals surface area contributed by atoms with Gasteiger partial charge in [-0.3, -0.25) is 27.6 Å². The summed E-state index contributed by atoms with van der Waals surface area (Å²) in [5, 5.41) is 10.2. The third-order valence-corrected chi connectivity index (χ3v) is 16.6. The number of unbranched alkanes of at least 4 members (excludes halogenated alkanes) is 2. The molecule has 0 radical (unpaired) electrons. The lowest BCUT2D eigenvalue weighted by Gasteiger charge is -2.27. The third kappa shape index (κ3) is 11.0. The predicted octanol–water partition coefficient (Wildman–Crippen LogP) is 6.23. The van der Waals surface area contributed by atoms with Crippen molar-refractivity contribution in [3.8, 4) is 0 Å². The van der Waals surface area contributed by atoms with Crippen LogP contribution in [0.4, 0.5) is 11.4 Å². The van der Waals surface area contributed by atoms with E-state index in [0.717, 1.165) is 6.07 Å². The highest BCUT2D eigenvalue weighted by Gasteiger charge is 2.49. The topological polar surface area (TPSA) is 315 Å². The van der Waals surface area contributed by atoms with Crippen molar-refractivity contribution < 1.29 is 79.3 Å². The largest absolute Gasteiger partial charge is 0.481 e. The predicted molar refractivity (Wildman–Crippen MR) is 250 cm³/mol. The number of anilines is 1. The van der Waals surface area contributed by atoms with E-state index < -0.39 is 93.6 Å². The minimum Gasteiger partial charge on any atom is -0.481 e. The van der Waals surface area contributed by atoms with Crippen molar-refractivity contribution >= 4 is 95.2 Å². The highest BCUT2D eigenvalue weighted by atomic mass is 32.2. The van der Waals surface area contributed by atoms with Crippen LogP contribution < -0.4 is 4.90 Å². The molecule has 0 aromatic heterocycles. The fraction of sp³-hybridized carbons (Fsp3) is 0.395. The van der Waals surface area contributed by atoms with Crippen molar-refractivity contribution in [2.45, 2.75) is 98.2 Å². The molecule has 0 saturated heterocycles. The lowest BCUT2D eigenvalue weighted by Crippen LogP contribution is -2.32. The van der Waals surface area contributed by atoms with Gasteiger partial charge in [-0.15, -0.1) is 0 Å². The number of carbonyl (C=O) groups is 1. The highest BCUT2D eigenvalue weighted by Crippen LogP contribution is 2.52. The molecule has 24 heteroatoms. The van der Waals surface area contributed by atoms with Crippen LogP contribution in [-0.2, 0) is 66.2 Å². The molecule has 19 nitrogen and oxygen atoms in total. The molecule has 2 aliphatic heterocycles. The molecule has 364 valence electrons. The lowest BCUT2D eigenvalue weighted by molar-refractivity contribution is -0.437. The van der Waals surface area contributed by atoms with E-state index in [9.17, 15) is 74.8 Å². The average Bonchev–Trinajstić information content (AvgIpc) is 3.54. The van der Waals surface area contributed by atoms with Gasteiger partial charge in [0, 0.05) is 59.3 Å². The molecule has 67 heavy (non-hydrogen) atoms. The summed E-state index contributed by atoms with van der Waals surface area (Å²) < 4.78 is 175. The number of aliphatic carboxylic acids is 1. The average molecular weight is 1030 g/mol. The lowest BCUT2D eigenvalue weighted by atomic mass is 9.73. The number of aryl methyl sites for hydroxylation is 1. The number of fused-ring (bicyclic) bond motifs is 6. The van der Waals surface area contributed by atoms with Gasteiger partial charge in [0.15, 0.2) is 5.71 Å². The molecular weight excluding hydrogens is 977 g/mol. The first-order valence-electron chi connectivity index (χ1n) is 20.8. The molecule has 0 amide bonds. The Hall–Kier alpha value is -4.63. The summed E-state index contributed by atoms with van der Waals surface area (Å²) in [5.74, 6) is -2.26. The van der Waals surface area contributed by atoms with Gasteiger partial charge in [0.05, 0.1) is 26.7 Å². The summed E-state index contributed by atoms with van der Waals surface area (Å²) >= 11 is 0. The summed E-state index contributed by atoms with van der Waals surface area (Å²) in [6.07, 6.45) is 6.10. The van der Waals surface area contributed by atoms with Gasteiger partial charge in [-0.2, -0.15) is 46.7 Å². The maximum atomic E-state index is 12.7. The first kappa shape index (κ1) is 51.8. The van der Waals surface area contributed by atoms with Crippen LogP contribution in [0.3, 0.4) is 0 Å². The smallest absolute Gasteiger partial charge is 0.303 e. The van der Waals surface area contributed by atoms with E-state index in [1.165, 1.54) is 18.2 Å². The van der Waals surface area contributed by atoms with Gasteiger partial charge in [0.2, 0.25) is 5.69 Å². The van der Waals surface area contributed by atoms with Gasteiger partial charge in [-0.25, -0.2) is 0 Å². The van der Waals surface area contributed by atoms with Crippen LogP contribution in [0.5, 0.6) is 0 Å². The minimum absolute atomic E-state index is 0.0245. The van der Waals surface area contributed by atoms with Gasteiger partial charge in [-0.05, 0) is 109 Å². The fourth-order valence-electron chi connectivity index (χ4n) is 9.56. The first-order chi connectivity index (χ1) is 30.8. The zero-order valence-corrected chi connectivity index (χ0v) is 40.8. The second-order valence-electron chi connectivity index (χ2n) is 17.5. The van der Waals surface area contributed by atoms with Gasteiger partial charge in [-0.1, -0.05) is 32.4 Å². The number of nitrogens with zero attached hydrogens (tertiary/aromatic N) is 2. The molecule has 0 fully saturated rings. The molecule has 0 aliphatic carbocycles. The Kier molecular flexibility index (Phi) is 14.2. The molecule has 2 heterocycles. The second-order valence-corrected chi connectivity index (χ2v) is 24.9. The Bertz CT molecular complexity index is 3400. The maximum absolute atomic E-state index is 12.7. The molecular formula is C43H51N2O17S5+. The SMILES string of the molecule is Cc1cc(S(=O)(=O)O)cc2c3c(ccc12)[N+](CCCS(=O)(=O)O)=C(/C=C/C=C1/N(CCCCCC(=O)O)c2ccc4c(S(=O)(=O)O)cc(S(=O)(=O)O)cc4c2C1(C)C)C3(C)CCCS(=O)(=O)O. The molecule has 1 unspecified atom stereocenters. The Labute approximate surface area is 389 Å². The monoisotopic (exact) mass is 1030 g/mol. The zero-order chi connectivity index (χ0) is 49.9. The Balaban J connectivity index is 1.60. The molecule has 1 atom stereocenters. The zero-order valence-electron chi connectivity index (χ0n) is 36.7. The van der Waals surface area contributed by atoms with Crippen molar-refractivity contribution in [2.75, 3.05) is 29.5 Å². The van der Waals surface area contributed by atoms with Crippen LogP contribution in [0.25, 0.3) is 21.5 Å². The van der Waals surface area contributed by atoms with Gasteiger partial charge < -0.3 is 10.0 Å². The number of carboxylic acids is 1. The van der Waals surface area contributed by atoms with Crippen LogP contribution in [0.1, 0.15) is 82.4 Å². The molecule has 0 saturated carbocycles. The Morgan fingerprint density at radius 1 is 0.672 bits per heavy atom. The highest BCUT2D eigenvalue weighted by molar-refractivity contribution is 7.87. The number of hydrogen-bond acceptors (Lipinski definition) is 12. The van der Waals surface area contributed by atoms with Crippen LogP contribution in [0, 0.1) is 6.92 Å². The van der Waals surface area contributed by atoms with Crippen LogP contribution >= 0.6 is 0 Å². The second kappa shape index (κ2) is 18.4. The summed E-state index contributed by atoms with van der Waals surface area (Å²) in [6, 6.07) is 10.8. The van der Waals surface area contributed by atoms with E-state index in [1.54, 1.807) is 68.7 Å². The Morgan fingerprint density at radius 2 is 1.25 bits per heavy atom. The first-order valence-corrected chi connectivity index (χ1v) is 28.3. The van der Waals surface area contributed by atoms with E-state index >= 15 is 0 Å². The summed E-state index contributed by atoms with van der Waals surface area (Å²) in [5.41, 5.74) is 1.08. The van der Waals surface area contributed by atoms with Crippen molar-refractivity contribution in [3.63, 3.8) is 0 Å². The number of allylic oxidation sites excluding steroid dienone is 4. The molecule has 0 bridgehead atoms. The van der Waals surface area contributed by atoms with E-state index in [4.69, 9.17) is 0 Å². The standard InChI is InChI=1S/C43H50N2O17S5/c1-27-23-28(65(54,55)56)24-32-30(27)14-16-35-41(32)43(4,18-9-21-63(48,49)50)38(45(35)20-10-22-64(51,52)53)12-8-11-37-42(2,3)40-33-25-29(66(57,58)59)26-36(67(60,61)62)31(33)15-17-34(40)44(37)19-7-5-6-13-39(46)47/h8,11-12,14-17,23-26H,5-7,9-10,13,18-22H2,1-4H3,(H5-,46,47,48,49,50,51,52,53,54,55,56,57,58,59,60,61,62)/p+1. The van der Waals surface area contributed by atoms with E-state index in [0.29, 0.717) is 75.6 Å². The molecule has 6 rings (SSSR count). The van der Waals surface area contributed by atoms with Crippen molar-refractivity contribution in [1.82, 2.24) is 0 Å². The third-order valence-electron chi connectivity index (χ3n) is 12.4. The minimum atomic E-state index is -5.05. The maximum Gasteiger partial charge on any atom is 0.303 e. The van der Waals surface area contributed by atoms with Crippen LogP contribution in [0.15, 0.2) is 87.1 Å². The van der Waals surface area contributed by atoms with E-state index in [-0.39, 0.29) is 49.5 Å². The van der Waals surface area contributed by atoms with Crippen LogP contribution in [0.2, 0.25) is 0 Å². The number of carboxylic acid groups (broad SMARTS) is 1. The number of rotatable bonds is 19. The van der Waals surface area contributed by atoms with E-state index in [2.05, 4.69) is 0 Å². The molecule has 0 spiro atoms. The normalized spacial score (nSPS) is 18.5. The Morgan fingerprint density at radius 3 is 1.84 bits per heavy atom. The van der Waals surface area contributed by atoms with Crippen LogP contribution in [-0.4, -0.2) is 111 Å². The molecule has 2 aliphatic rings. The van der Waals surface area contributed by atoms with Crippen molar-refractivity contribution in [3.05, 3.63) is 89.1 Å². The van der Waals surface area contributed by atoms with Gasteiger partial charge >= 0.3 is 5.97 Å². The van der Waals surface area contributed by atoms with Gasteiger partial charge in [0.25, 0.3) is 50.6 Å². The van der Waals surface area contributed by atoms with E-state index in [1.807, 2.05) is 4.90 Å². The van der Waals surface area contributed by atoms with Crippen molar-refractivity contribution in [1.29, 1.82) is 0 Å².